The number of aromatic nitrogens is 1. The van der Waals surface area contributed by atoms with Crippen molar-refractivity contribution in [3.8, 4) is 5.88 Å². The Hall–Kier alpha value is -0.570. The zero-order chi connectivity index (χ0) is 11.7. The minimum absolute atomic E-state index is 0.0701. The molecule has 0 atom stereocenters. The number of ether oxygens (including phenoxy) is 1. The summed E-state index contributed by atoms with van der Waals surface area (Å²) in [5.74, 6) is -0.0701. The summed E-state index contributed by atoms with van der Waals surface area (Å²) in [4.78, 5) is 3.72. The molecule has 0 amide bonds. The molecule has 1 heterocycles. The first-order chi connectivity index (χ1) is 6.72. The minimum atomic E-state index is -2.85. The number of nitrogens with zero attached hydrogens (tertiary/aromatic N) is 1. The number of rotatable bonds is 2. The lowest BCUT2D eigenvalue weighted by Crippen LogP contribution is -1.92. The summed E-state index contributed by atoms with van der Waals surface area (Å²) in [6.45, 7) is -5.59. The number of hydrogen-bond donors (Lipinski definition) is 0. The fraction of sp³-hybridized carbons (Fsp3) is 0.286. The van der Waals surface area contributed by atoms with Gasteiger partial charge in [0.25, 0.3) is 0 Å². The third-order valence-corrected chi connectivity index (χ3v) is 1.32. The van der Waals surface area contributed by atoms with E-state index in [2.05, 4.69) is 25.7 Å². The third kappa shape index (κ3) is 1.99. The molecule has 0 radical (unpaired) electrons. The van der Waals surface area contributed by atoms with E-state index in [9.17, 15) is 0 Å². The Morgan fingerprint density at radius 2 is 2.80 bits per heavy atom. The zero-order valence-electron chi connectivity index (χ0n) is 9.97. The van der Waals surface area contributed by atoms with Crippen LogP contribution in [0.25, 0.3) is 0 Å². The van der Waals surface area contributed by atoms with Crippen molar-refractivity contribution in [1.29, 1.82) is 0 Å². The van der Waals surface area contributed by atoms with Crippen LogP contribution in [0, 0.1) is 0 Å². The van der Waals surface area contributed by atoms with E-state index in [0.717, 1.165) is 0 Å². The highest BCUT2D eigenvalue weighted by atomic mass is 79.9. The molecule has 0 N–H and O–H groups in total. The fourth-order valence-corrected chi connectivity index (χ4v) is 0.709. The van der Waals surface area contributed by atoms with Crippen LogP contribution in [0.4, 0.5) is 0 Å². The maximum atomic E-state index is 7.20. The molecule has 0 aromatic carbocycles. The van der Waals surface area contributed by atoms with Gasteiger partial charge >= 0.3 is 0 Å². The highest BCUT2D eigenvalue weighted by molar-refractivity contribution is 9.10. The molecule has 1 aromatic heterocycles. The average molecular weight is 207 g/mol. The predicted molar refractivity (Wildman–Crippen MR) is 43.1 cm³/mol. The van der Waals surface area contributed by atoms with Gasteiger partial charge < -0.3 is 4.74 Å². The highest BCUT2D eigenvalue weighted by Crippen LogP contribution is 2.11. The molecule has 0 spiro atoms. The van der Waals surface area contributed by atoms with Crippen LogP contribution in [0.15, 0.2) is 22.8 Å². The van der Waals surface area contributed by atoms with Crippen molar-refractivity contribution < 1.29 is 11.6 Å². The van der Waals surface area contributed by atoms with Crippen molar-refractivity contribution in [3.63, 3.8) is 0 Å². The van der Waals surface area contributed by atoms with Crippen molar-refractivity contribution in [2.24, 2.45) is 0 Å². The Kier molecular flexibility index (Phi) is 1.15. The maximum Gasteiger partial charge on any atom is 0.213 e. The van der Waals surface area contributed by atoms with Crippen LogP contribution in [-0.2, 0) is 0 Å². The van der Waals surface area contributed by atoms with Crippen molar-refractivity contribution >= 4 is 15.9 Å². The van der Waals surface area contributed by atoms with Gasteiger partial charge in [0, 0.05) is 20.8 Å². The second-order valence-corrected chi connectivity index (χ2v) is 2.43. The maximum absolute atomic E-state index is 7.20. The largest absolute Gasteiger partial charge is 0.478 e. The quantitative estimate of drug-likeness (QED) is 0.741. The molecule has 0 saturated heterocycles. The fourth-order valence-electron chi connectivity index (χ4n) is 0.475. The van der Waals surface area contributed by atoms with Crippen molar-refractivity contribution in [1.82, 2.24) is 4.98 Å². The highest BCUT2D eigenvalue weighted by Gasteiger charge is 1.90. The van der Waals surface area contributed by atoms with Gasteiger partial charge in [0.05, 0.1) is 9.30 Å². The molecule has 1 rings (SSSR count). The lowest BCUT2D eigenvalue weighted by Gasteiger charge is -1.99. The van der Waals surface area contributed by atoms with Gasteiger partial charge in [-0.1, -0.05) is 0 Å². The Balaban J connectivity index is 2.82. The summed E-state index contributed by atoms with van der Waals surface area (Å²) in [6.07, 6.45) is 1.39. The van der Waals surface area contributed by atoms with E-state index >= 15 is 0 Å². The van der Waals surface area contributed by atoms with Gasteiger partial charge in [-0.05, 0) is 28.8 Å². The molecule has 0 aliphatic carbocycles. The van der Waals surface area contributed by atoms with Crippen LogP contribution in [0.5, 0.6) is 5.88 Å². The van der Waals surface area contributed by atoms with E-state index in [1.165, 1.54) is 12.3 Å². The molecule has 0 aliphatic heterocycles. The lowest BCUT2D eigenvalue weighted by molar-refractivity contribution is 0.327. The Labute approximate surface area is 75.4 Å². The molecule has 3 heteroatoms. The summed E-state index contributed by atoms with van der Waals surface area (Å²) in [5.41, 5.74) is 0. The first kappa shape index (κ1) is 3.22. The van der Waals surface area contributed by atoms with E-state index in [1.807, 2.05) is 0 Å². The third-order valence-electron chi connectivity index (χ3n) is 0.856. The molecule has 0 aliphatic rings. The first-order valence-corrected chi connectivity index (χ1v) is 3.32. The van der Waals surface area contributed by atoms with Gasteiger partial charge in [0.2, 0.25) is 5.88 Å². The monoisotopic (exact) mass is 206 g/mol. The van der Waals surface area contributed by atoms with E-state index in [1.54, 1.807) is 6.07 Å². The molecule has 0 saturated carbocycles. The van der Waals surface area contributed by atoms with E-state index < -0.39 is 13.4 Å². The number of halogens is 1. The normalized spacial score (nSPS) is 19.5. The van der Waals surface area contributed by atoms with E-state index in [-0.39, 0.29) is 5.88 Å². The minimum Gasteiger partial charge on any atom is -0.478 e. The van der Waals surface area contributed by atoms with Gasteiger partial charge in [-0.25, -0.2) is 4.98 Å². The second kappa shape index (κ2) is 3.56. The van der Waals surface area contributed by atoms with Crippen LogP contribution in [-0.4, -0.2) is 11.5 Å². The van der Waals surface area contributed by atoms with Crippen molar-refractivity contribution in [2.45, 2.75) is 6.85 Å². The SMILES string of the molecule is [2H]C([2H])([2H])C([2H])([2H])Oc1ccc(Br)cn1. The van der Waals surface area contributed by atoms with Gasteiger partial charge in [0.15, 0.2) is 0 Å². The molecular formula is C7H8BrNO. The van der Waals surface area contributed by atoms with Crippen molar-refractivity contribution in [2.75, 3.05) is 6.56 Å². The van der Waals surface area contributed by atoms with Gasteiger partial charge in [0.1, 0.15) is 0 Å². The van der Waals surface area contributed by atoms with Crippen LogP contribution in [0.3, 0.4) is 0 Å². The van der Waals surface area contributed by atoms with E-state index in [4.69, 9.17) is 6.85 Å². The molecule has 0 bridgehead atoms. The van der Waals surface area contributed by atoms with Gasteiger partial charge in [-0.15, -0.1) is 0 Å². The average Bonchev–Trinajstić information content (AvgIpc) is 2.06. The molecule has 0 fully saturated rings. The van der Waals surface area contributed by atoms with Crippen molar-refractivity contribution in [3.05, 3.63) is 22.8 Å². The van der Waals surface area contributed by atoms with Crippen LogP contribution in [0.2, 0.25) is 0 Å². The molecular weight excluding hydrogens is 194 g/mol. The summed E-state index contributed by atoms with van der Waals surface area (Å²) >= 11 is 3.14. The first-order valence-electron chi connectivity index (χ1n) is 5.03. The Morgan fingerprint density at radius 1 is 1.90 bits per heavy atom. The summed E-state index contributed by atoms with van der Waals surface area (Å²) in [7, 11) is 0. The Morgan fingerprint density at radius 3 is 3.40 bits per heavy atom. The van der Waals surface area contributed by atoms with Gasteiger partial charge in [-0.2, -0.15) is 0 Å². The second-order valence-electron chi connectivity index (χ2n) is 1.52. The molecule has 10 heavy (non-hydrogen) atoms. The standard InChI is InChI=1S/C7H8BrNO/c1-2-10-7-4-3-6(8)5-9-7/h3-5H,2H2,1H3/i1D3,2D2. The number of hydrogen-bond acceptors (Lipinski definition) is 2. The summed E-state index contributed by atoms with van der Waals surface area (Å²) in [5, 5.41) is 0. The topological polar surface area (TPSA) is 22.1 Å². The van der Waals surface area contributed by atoms with Gasteiger partial charge in [-0.3, -0.25) is 0 Å². The zero-order valence-corrected chi connectivity index (χ0v) is 6.55. The molecule has 1 aromatic rings. The Bertz CT molecular complexity index is 336. The predicted octanol–water partition coefficient (Wildman–Crippen LogP) is 2.24. The summed E-state index contributed by atoms with van der Waals surface area (Å²) in [6, 6.07) is 2.96. The smallest absolute Gasteiger partial charge is 0.213 e. The molecule has 54 valence electrons. The molecule has 2 nitrogen and oxygen atoms in total. The van der Waals surface area contributed by atoms with E-state index in [0.29, 0.717) is 4.47 Å². The van der Waals surface area contributed by atoms with Crippen LogP contribution >= 0.6 is 15.9 Å². The number of pyridine rings is 1. The van der Waals surface area contributed by atoms with Crippen LogP contribution < -0.4 is 4.74 Å². The molecule has 0 unspecified atom stereocenters. The van der Waals surface area contributed by atoms with Crippen LogP contribution in [0.1, 0.15) is 13.7 Å². The lowest BCUT2D eigenvalue weighted by atomic mass is 10.5. The summed E-state index contributed by atoms with van der Waals surface area (Å²) < 4.78 is 40.5.